The summed E-state index contributed by atoms with van der Waals surface area (Å²) < 4.78 is 5.96. The molecule has 1 heterocycles. The Bertz CT molecular complexity index is 431. The number of benzene rings is 1. The van der Waals surface area contributed by atoms with Gasteiger partial charge < -0.3 is 14.7 Å². The van der Waals surface area contributed by atoms with E-state index in [1.54, 1.807) is 24.3 Å². The Kier molecular flexibility index (Phi) is 4.10. The molecule has 4 heteroatoms. The molecule has 1 aromatic rings. The zero-order valence-corrected chi connectivity index (χ0v) is 11.7. The molecule has 1 aliphatic heterocycles. The van der Waals surface area contributed by atoms with Crippen molar-refractivity contribution in [2.24, 2.45) is 0 Å². The summed E-state index contributed by atoms with van der Waals surface area (Å²) in [6.45, 7) is 4.42. The van der Waals surface area contributed by atoms with Crippen LogP contribution < -0.4 is 4.74 Å². The molecule has 0 amide bonds. The van der Waals surface area contributed by atoms with E-state index in [4.69, 9.17) is 9.84 Å². The van der Waals surface area contributed by atoms with Crippen LogP contribution in [0.2, 0.25) is 0 Å². The van der Waals surface area contributed by atoms with E-state index in [1.807, 2.05) is 0 Å². The van der Waals surface area contributed by atoms with Crippen molar-refractivity contribution in [3.63, 3.8) is 0 Å². The van der Waals surface area contributed by atoms with Crippen LogP contribution in [-0.2, 0) is 0 Å². The monoisotopic (exact) mass is 263 g/mol. The lowest BCUT2D eigenvalue weighted by atomic mass is 9.95. The van der Waals surface area contributed by atoms with E-state index >= 15 is 0 Å². The van der Waals surface area contributed by atoms with Crippen LogP contribution in [0.1, 0.15) is 37.0 Å². The molecule has 3 atom stereocenters. The lowest BCUT2D eigenvalue weighted by Gasteiger charge is -2.40. The fourth-order valence-electron chi connectivity index (χ4n) is 2.59. The highest BCUT2D eigenvalue weighted by atomic mass is 16.5. The van der Waals surface area contributed by atoms with Crippen LogP contribution in [0.4, 0.5) is 0 Å². The zero-order chi connectivity index (χ0) is 14.0. The molecule has 2 rings (SSSR count). The lowest BCUT2D eigenvalue weighted by Crippen LogP contribution is -2.47. The number of ether oxygens (including phenoxy) is 1. The first-order valence-corrected chi connectivity index (χ1v) is 6.69. The maximum Gasteiger partial charge on any atom is 0.335 e. The molecule has 4 nitrogen and oxygen atoms in total. The number of carbonyl (C=O) groups is 1. The molecule has 1 unspecified atom stereocenters. The van der Waals surface area contributed by atoms with E-state index in [9.17, 15) is 4.79 Å². The minimum atomic E-state index is -0.909. The Morgan fingerprint density at radius 1 is 1.21 bits per heavy atom. The van der Waals surface area contributed by atoms with Gasteiger partial charge in [0.05, 0.1) is 5.56 Å². The first kappa shape index (κ1) is 13.9. The van der Waals surface area contributed by atoms with E-state index < -0.39 is 5.97 Å². The van der Waals surface area contributed by atoms with Crippen LogP contribution in [0.15, 0.2) is 24.3 Å². The van der Waals surface area contributed by atoms with Gasteiger partial charge in [-0.2, -0.15) is 0 Å². The average molecular weight is 263 g/mol. The Balaban J connectivity index is 1.99. The van der Waals surface area contributed by atoms with Crippen molar-refractivity contribution >= 4 is 5.97 Å². The van der Waals surface area contributed by atoms with Crippen LogP contribution in [0.5, 0.6) is 5.75 Å². The summed E-state index contributed by atoms with van der Waals surface area (Å²) in [5.74, 6) is -0.160. The number of hydrogen-bond donors (Lipinski definition) is 1. The standard InChI is InChI=1S/C15H21NO3/c1-10-8-14(9-11(2)16(10)3)19-13-6-4-12(5-7-13)15(17)18/h4-7,10-11,14H,8-9H2,1-3H3,(H,17,18)/t10-,11+,14?. The van der Waals surface area contributed by atoms with Crippen LogP contribution >= 0.6 is 0 Å². The highest BCUT2D eigenvalue weighted by Gasteiger charge is 2.29. The molecule has 104 valence electrons. The van der Waals surface area contributed by atoms with Gasteiger partial charge in [0.25, 0.3) is 0 Å². The molecule has 19 heavy (non-hydrogen) atoms. The maximum absolute atomic E-state index is 10.8. The largest absolute Gasteiger partial charge is 0.490 e. The predicted molar refractivity (Wildman–Crippen MR) is 73.7 cm³/mol. The molecule has 0 bridgehead atoms. The van der Waals surface area contributed by atoms with E-state index in [0.29, 0.717) is 12.1 Å². The fraction of sp³-hybridized carbons (Fsp3) is 0.533. The number of piperidine rings is 1. The molecule has 0 saturated carbocycles. The van der Waals surface area contributed by atoms with Crippen molar-refractivity contribution < 1.29 is 14.6 Å². The first-order chi connectivity index (χ1) is 8.97. The number of carboxylic acid groups (broad SMARTS) is 1. The molecule has 1 saturated heterocycles. The first-order valence-electron chi connectivity index (χ1n) is 6.69. The normalized spacial score (nSPS) is 28.1. The molecule has 1 fully saturated rings. The molecular weight excluding hydrogens is 242 g/mol. The van der Waals surface area contributed by atoms with Gasteiger partial charge in [0.1, 0.15) is 11.9 Å². The number of nitrogens with zero attached hydrogens (tertiary/aromatic N) is 1. The number of carboxylic acids is 1. The van der Waals surface area contributed by atoms with Gasteiger partial charge in [-0.15, -0.1) is 0 Å². The molecule has 0 aromatic heterocycles. The Morgan fingerprint density at radius 3 is 2.21 bits per heavy atom. The Morgan fingerprint density at radius 2 is 1.74 bits per heavy atom. The number of likely N-dealkylation sites (tertiary alicyclic amines) is 1. The topological polar surface area (TPSA) is 49.8 Å². The van der Waals surface area contributed by atoms with Gasteiger partial charge >= 0.3 is 5.97 Å². The van der Waals surface area contributed by atoms with Crippen molar-refractivity contribution in [2.75, 3.05) is 7.05 Å². The second-order valence-electron chi connectivity index (χ2n) is 5.40. The van der Waals surface area contributed by atoms with Gasteiger partial charge in [-0.05, 0) is 58.0 Å². The minimum Gasteiger partial charge on any atom is -0.490 e. The molecule has 1 N–H and O–H groups in total. The average Bonchev–Trinajstić information content (AvgIpc) is 2.36. The second kappa shape index (κ2) is 5.61. The molecule has 1 aromatic carbocycles. The Labute approximate surface area is 114 Å². The smallest absolute Gasteiger partial charge is 0.335 e. The Hall–Kier alpha value is -1.55. The third-order valence-electron chi connectivity index (χ3n) is 4.00. The van der Waals surface area contributed by atoms with E-state index in [1.165, 1.54) is 0 Å². The van der Waals surface area contributed by atoms with Crippen molar-refractivity contribution in [2.45, 2.75) is 44.9 Å². The van der Waals surface area contributed by atoms with Gasteiger partial charge in [0.15, 0.2) is 0 Å². The summed E-state index contributed by atoms with van der Waals surface area (Å²) in [5.41, 5.74) is 0.289. The van der Waals surface area contributed by atoms with Crippen molar-refractivity contribution in [1.29, 1.82) is 0 Å². The maximum atomic E-state index is 10.8. The summed E-state index contributed by atoms with van der Waals surface area (Å²) in [5, 5.41) is 8.85. The van der Waals surface area contributed by atoms with Gasteiger partial charge in [-0.25, -0.2) is 4.79 Å². The molecule has 0 spiro atoms. The van der Waals surface area contributed by atoms with Crippen molar-refractivity contribution in [3.05, 3.63) is 29.8 Å². The fourth-order valence-corrected chi connectivity index (χ4v) is 2.59. The number of aromatic carboxylic acids is 1. The predicted octanol–water partition coefficient (Wildman–Crippen LogP) is 2.63. The van der Waals surface area contributed by atoms with Gasteiger partial charge in [-0.3, -0.25) is 0 Å². The third-order valence-corrected chi connectivity index (χ3v) is 4.00. The van der Waals surface area contributed by atoms with Gasteiger partial charge in [-0.1, -0.05) is 0 Å². The molecule has 1 aliphatic rings. The quantitative estimate of drug-likeness (QED) is 0.910. The number of hydrogen-bond acceptors (Lipinski definition) is 3. The highest BCUT2D eigenvalue weighted by molar-refractivity contribution is 5.87. The summed E-state index contributed by atoms with van der Waals surface area (Å²) >= 11 is 0. The van der Waals surface area contributed by atoms with Crippen molar-refractivity contribution in [3.8, 4) is 5.75 Å². The second-order valence-corrected chi connectivity index (χ2v) is 5.40. The van der Waals surface area contributed by atoms with Crippen LogP contribution in [0, 0.1) is 0 Å². The minimum absolute atomic E-state index is 0.205. The number of rotatable bonds is 3. The van der Waals surface area contributed by atoms with Crippen molar-refractivity contribution in [1.82, 2.24) is 4.90 Å². The van der Waals surface area contributed by atoms with Gasteiger partial charge in [0, 0.05) is 12.1 Å². The lowest BCUT2D eigenvalue weighted by molar-refractivity contribution is 0.0430. The SMILES string of the molecule is C[C@@H]1CC(Oc2ccc(C(=O)O)cc2)C[C@H](C)N1C. The molecule has 0 radical (unpaired) electrons. The van der Waals surface area contributed by atoms with Crippen LogP contribution in [0.3, 0.4) is 0 Å². The summed E-state index contributed by atoms with van der Waals surface area (Å²) in [4.78, 5) is 13.1. The zero-order valence-electron chi connectivity index (χ0n) is 11.7. The van der Waals surface area contributed by atoms with Crippen LogP contribution in [-0.4, -0.2) is 41.2 Å². The summed E-state index contributed by atoms with van der Waals surface area (Å²) in [6.07, 6.45) is 2.21. The van der Waals surface area contributed by atoms with E-state index in [2.05, 4.69) is 25.8 Å². The molecule has 0 aliphatic carbocycles. The summed E-state index contributed by atoms with van der Waals surface area (Å²) in [7, 11) is 2.15. The van der Waals surface area contributed by atoms with Gasteiger partial charge in [0.2, 0.25) is 0 Å². The summed E-state index contributed by atoms with van der Waals surface area (Å²) in [6, 6.07) is 7.65. The van der Waals surface area contributed by atoms with Crippen LogP contribution in [0.25, 0.3) is 0 Å². The molecular formula is C15H21NO3. The highest BCUT2D eigenvalue weighted by Crippen LogP contribution is 2.25. The van der Waals surface area contributed by atoms with E-state index in [0.717, 1.165) is 18.6 Å². The van der Waals surface area contributed by atoms with E-state index in [-0.39, 0.29) is 11.7 Å². The third kappa shape index (κ3) is 3.26.